The van der Waals surface area contributed by atoms with E-state index in [-0.39, 0.29) is 29.9 Å². The fraction of sp³-hybridized carbons (Fsp3) is 0.429. The number of nitrogens with one attached hydrogen (secondary N) is 2. The summed E-state index contributed by atoms with van der Waals surface area (Å²) in [6.07, 6.45) is 4.30. The second-order valence-corrected chi connectivity index (χ2v) is 8.08. The predicted octanol–water partition coefficient (Wildman–Crippen LogP) is 1.96. The molecule has 3 N–H and O–H groups in total. The van der Waals surface area contributed by atoms with Crippen molar-refractivity contribution in [1.29, 1.82) is 0 Å². The molecule has 2 atom stereocenters. The number of hydrazine groups is 1. The average Bonchev–Trinajstić information content (AvgIpc) is 2.95. The number of likely N-dealkylation sites (N-methyl/N-ethyl adjacent to an activating group) is 1. The van der Waals surface area contributed by atoms with Gasteiger partial charge in [0, 0.05) is 7.05 Å². The van der Waals surface area contributed by atoms with Gasteiger partial charge in [-0.25, -0.2) is 5.48 Å². The third-order valence-electron chi connectivity index (χ3n) is 4.86. The first kappa shape index (κ1) is 23.5. The molecule has 0 radical (unpaired) electrons. The molecule has 1 aromatic rings. The topological polar surface area (TPSA) is 102 Å². The van der Waals surface area contributed by atoms with Gasteiger partial charge in [0.05, 0.1) is 11.8 Å². The quantitative estimate of drug-likeness (QED) is 0.313. The molecule has 3 amide bonds. The molecule has 1 aromatic carbocycles. The highest BCUT2D eigenvalue weighted by Gasteiger charge is 2.37. The minimum atomic E-state index is -0.818. The minimum absolute atomic E-state index is 0.0777. The van der Waals surface area contributed by atoms with Crippen molar-refractivity contribution in [1.82, 2.24) is 20.8 Å². The number of hydroxylamine groups is 1. The van der Waals surface area contributed by atoms with Gasteiger partial charge in [-0.2, -0.15) is 5.01 Å². The molecule has 0 saturated carbocycles. The number of benzene rings is 1. The SMILES string of the molecule is CC(C)C[C@@H](C(=O)NN1C(=O)CN(C)C1=S)[C@H](CC=Cc1ccccc1)C(=O)NO. The number of allylic oxidation sites excluding steroid dienone is 1. The Bertz CT molecular complexity index is 812. The van der Waals surface area contributed by atoms with Crippen LogP contribution in [0.4, 0.5) is 0 Å². The normalized spacial score (nSPS) is 16.3. The van der Waals surface area contributed by atoms with Crippen molar-refractivity contribution in [2.75, 3.05) is 13.6 Å². The van der Waals surface area contributed by atoms with Crippen LogP contribution in [0.15, 0.2) is 36.4 Å². The summed E-state index contributed by atoms with van der Waals surface area (Å²) < 4.78 is 0. The fourth-order valence-electron chi connectivity index (χ4n) is 3.34. The highest BCUT2D eigenvalue weighted by atomic mass is 32.1. The molecule has 0 aromatic heterocycles. The smallest absolute Gasteiger partial charge is 0.267 e. The Hall–Kier alpha value is -2.78. The third kappa shape index (κ3) is 6.11. The molecular formula is C21H28N4O4S. The first-order valence-electron chi connectivity index (χ1n) is 9.78. The first-order chi connectivity index (χ1) is 14.2. The van der Waals surface area contributed by atoms with Crippen LogP contribution in [0.1, 0.15) is 32.3 Å². The maximum atomic E-state index is 13.1. The van der Waals surface area contributed by atoms with Crippen LogP contribution in [0, 0.1) is 17.8 Å². The molecule has 1 aliphatic heterocycles. The Labute approximate surface area is 181 Å². The van der Waals surface area contributed by atoms with E-state index in [4.69, 9.17) is 12.2 Å². The van der Waals surface area contributed by atoms with Crippen molar-refractivity contribution in [3.05, 3.63) is 42.0 Å². The summed E-state index contributed by atoms with van der Waals surface area (Å²) >= 11 is 5.18. The summed E-state index contributed by atoms with van der Waals surface area (Å²) in [5.74, 6) is -2.96. The van der Waals surface area contributed by atoms with Crippen molar-refractivity contribution in [3.63, 3.8) is 0 Å². The van der Waals surface area contributed by atoms with Crippen molar-refractivity contribution >= 4 is 41.1 Å². The monoisotopic (exact) mass is 432 g/mol. The molecule has 1 fully saturated rings. The van der Waals surface area contributed by atoms with E-state index < -0.39 is 23.7 Å². The number of rotatable bonds is 9. The van der Waals surface area contributed by atoms with Crippen LogP contribution in [-0.2, 0) is 14.4 Å². The Morgan fingerprint density at radius 1 is 1.20 bits per heavy atom. The lowest BCUT2D eigenvalue weighted by Gasteiger charge is -2.27. The van der Waals surface area contributed by atoms with Gasteiger partial charge in [-0.1, -0.05) is 56.3 Å². The van der Waals surface area contributed by atoms with Gasteiger partial charge >= 0.3 is 0 Å². The number of carbonyl (C=O) groups excluding carboxylic acids is 3. The average molecular weight is 433 g/mol. The van der Waals surface area contributed by atoms with Gasteiger partial charge in [0.2, 0.25) is 11.8 Å². The Morgan fingerprint density at radius 3 is 2.40 bits per heavy atom. The van der Waals surface area contributed by atoms with Gasteiger partial charge in [0.25, 0.3) is 5.91 Å². The Kier molecular flexibility index (Phi) is 8.49. The molecule has 8 nitrogen and oxygen atoms in total. The van der Waals surface area contributed by atoms with Crippen molar-refractivity contribution < 1.29 is 19.6 Å². The van der Waals surface area contributed by atoms with E-state index in [1.54, 1.807) is 23.5 Å². The van der Waals surface area contributed by atoms with E-state index in [0.717, 1.165) is 10.6 Å². The molecule has 0 aliphatic carbocycles. The summed E-state index contributed by atoms with van der Waals surface area (Å²) in [6, 6.07) is 9.56. The molecule has 9 heteroatoms. The zero-order valence-electron chi connectivity index (χ0n) is 17.4. The highest BCUT2D eigenvalue weighted by Crippen LogP contribution is 2.26. The second-order valence-electron chi connectivity index (χ2n) is 7.71. The summed E-state index contributed by atoms with van der Waals surface area (Å²) in [6.45, 7) is 3.95. The van der Waals surface area contributed by atoms with Crippen molar-refractivity contribution in [3.8, 4) is 0 Å². The molecule has 1 aliphatic rings. The summed E-state index contributed by atoms with van der Waals surface area (Å²) in [7, 11) is 1.66. The molecule has 1 saturated heterocycles. The number of hydrogen-bond acceptors (Lipinski definition) is 5. The first-order valence-corrected chi connectivity index (χ1v) is 10.2. The lowest BCUT2D eigenvalue weighted by atomic mass is 9.82. The van der Waals surface area contributed by atoms with Gasteiger partial charge < -0.3 is 4.90 Å². The number of thiocarbonyl (C=S) groups is 1. The maximum Gasteiger partial charge on any atom is 0.267 e. The predicted molar refractivity (Wildman–Crippen MR) is 117 cm³/mol. The van der Waals surface area contributed by atoms with E-state index >= 15 is 0 Å². The molecular weight excluding hydrogens is 404 g/mol. The third-order valence-corrected chi connectivity index (χ3v) is 5.35. The van der Waals surface area contributed by atoms with Crippen LogP contribution in [0.5, 0.6) is 0 Å². The van der Waals surface area contributed by atoms with Crippen molar-refractivity contribution in [2.24, 2.45) is 17.8 Å². The lowest BCUT2D eigenvalue weighted by Crippen LogP contribution is -2.51. The maximum absolute atomic E-state index is 13.1. The largest absolute Gasteiger partial charge is 0.341 e. The van der Waals surface area contributed by atoms with Crippen LogP contribution in [-0.4, -0.2) is 51.5 Å². The molecule has 2 rings (SSSR count). The van der Waals surface area contributed by atoms with Crippen LogP contribution < -0.4 is 10.9 Å². The van der Waals surface area contributed by atoms with Gasteiger partial charge in [-0.3, -0.25) is 25.0 Å². The number of carbonyl (C=O) groups is 3. The molecule has 0 spiro atoms. The van der Waals surface area contributed by atoms with E-state index in [9.17, 15) is 19.6 Å². The summed E-state index contributed by atoms with van der Waals surface area (Å²) in [4.78, 5) is 39.1. The summed E-state index contributed by atoms with van der Waals surface area (Å²) in [5.41, 5.74) is 5.19. The number of nitrogens with zero attached hydrogens (tertiary/aromatic N) is 2. The number of amides is 3. The highest BCUT2D eigenvalue weighted by molar-refractivity contribution is 7.80. The minimum Gasteiger partial charge on any atom is -0.341 e. The van der Waals surface area contributed by atoms with Gasteiger partial charge in [0.15, 0.2) is 5.11 Å². The van der Waals surface area contributed by atoms with E-state index in [0.29, 0.717) is 6.42 Å². The number of hydrogen-bond donors (Lipinski definition) is 3. The van der Waals surface area contributed by atoms with Crippen LogP contribution in [0.3, 0.4) is 0 Å². The van der Waals surface area contributed by atoms with E-state index in [1.165, 1.54) is 0 Å². The molecule has 30 heavy (non-hydrogen) atoms. The van der Waals surface area contributed by atoms with Gasteiger partial charge in [0.1, 0.15) is 6.54 Å². The van der Waals surface area contributed by atoms with Crippen LogP contribution >= 0.6 is 12.2 Å². The molecule has 1 heterocycles. The summed E-state index contributed by atoms with van der Waals surface area (Å²) in [5, 5.41) is 10.5. The van der Waals surface area contributed by atoms with Crippen molar-refractivity contribution in [2.45, 2.75) is 26.7 Å². The Balaban J connectivity index is 2.21. The zero-order valence-corrected chi connectivity index (χ0v) is 18.2. The second kappa shape index (κ2) is 10.8. The molecule has 0 unspecified atom stereocenters. The van der Waals surface area contributed by atoms with Gasteiger partial charge in [-0.05, 0) is 36.5 Å². The van der Waals surface area contributed by atoms with Crippen LogP contribution in [0.2, 0.25) is 0 Å². The standard InChI is InChI=1S/C21H28N4O4S/c1-14(2)12-17(19(27)22-25-18(26)13-24(3)21(25)30)16(20(28)23-29)11-7-10-15-8-5-4-6-9-15/h4-10,14,16-17,29H,11-13H2,1-3H3,(H,22,27)(H,23,28)/t16-,17+/m0/s1. The molecule has 162 valence electrons. The van der Waals surface area contributed by atoms with E-state index in [1.807, 2.05) is 50.3 Å². The van der Waals surface area contributed by atoms with Gasteiger partial charge in [-0.15, -0.1) is 0 Å². The lowest BCUT2D eigenvalue weighted by molar-refractivity contribution is -0.143. The van der Waals surface area contributed by atoms with Crippen LogP contribution in [0.25, 0.3) is 6.08 Å². The fourth-order valence-corrected chi connectivity index (χ4v) is 3.55. The van der Waals surface area contributed by atoms with E-state index in [2.05, 4.69) is 5.43 Å². The Morgan fingerprint density at radius 2 is 1.87 bits per heavy atom. The zero-order chi connectivity index (χ0) is 22.3. The molecule has 0 bridgehead atoms.